The molecule has 0 radical (unpaired) electrons. The first-order valence-corrected chi connectivity index (χ1v) is 7.26. The van der Waals surface area contributed by atoms with Crippen molar-refractivity contribution in [3.63, 3.8) is 0 Å². The van der Waals surface area contributed by atoms with E-state index >= 15 is 0 Å². The molecule has 0 spiro atoms. The van der Waals surface area contributed by atoms with E-state index in [1.807, 2.05) is 11.8 Å². The molecule has 0 heterocycles. The summed E-state index contributed by atoms with van der Waals surface area (Å²) < 4.78 is 5.35. The molecular formula is C12H27NOS. The maximum Gasteiger partial charge on any atom is 0.0634 e. The van der Waals surface area contributed by atoms with Crippen LogP contribution in [0.1, 0.15) is 39.5 Å². The molecule has 0 saturated heterocycles. The van der Waals surface area contributed by atoms with Gasteiger partial charge in [-0.1, -0.05) is 6.42 Å². The van der Waals surface area contributed by atoms with Gasteiger partial charge in [-0.05, 0) is 58.2 Å². The summed E-state index contributed by atoms with van der Waals surface area (Å²) in [5, 5.41) is 3.47. The van der Waals surface area contributed by atoms with Crippen molar-refractivity contribution in [1.82, 2.24) is 5.32 Å². The van der Waals surface area contributed by atoms with Crippen LogP contribution in [0.25, 0.3) is 0 Å². The van der Waals surface area contributed by atoms with Crippen molar-refractivity contribution >= 4 is 11.8 Å². The van der Waals surface area contributed by atoms with Crippen LogP contribution >= 0.6 is 11.8 Å². The van der Waals surface area contributed by atoms with Crippen LogP contribution in [0, 0.1) is 0 Å². The highest BCUT2D eigenvalue weighted by molar-refractivity contribution is 7.98. The molecular weight excluding hydrogens is 206 g/mol. The first kappa shape index (κ1) is 15.3. The Morgan fingerprint density at radius 2 is 1.87 bits per heavy atom. The summed E-state index contributed by atoms with van der Waals surface area (Å²) in [5.74, 6) is 1.30. The Bertz CT molecular complexity index is 140. The van der Waals surface area contributed by atoms with E-state index in [1.165, 1.54) is 25.0 Å². The van der Waals surface area contributed by atoms with E-state index in [2.05, 4.69) is 25.4 Å². The van der Waals surface area contributed by atoms with Crippen molar-refractivity contribution in [2.24, 2.45) is 0 Å². The highest BCUT2D eigenvalue weighted by atomic mass is 32.2. The van der Waals surface area contributed by atoms with Crippen molar-refractivity contribution in [3.05, 3.63) is 0 Å². The molecule has 2 nitrogen and oxygen atoms in total. The summed E-state index contributed by atoms with van der Waals surface area (Å²) in [6, 6.07) is 0. The molecule has 0 aromatic carbocycles. The van der Waals surface area contributed by atoms with Crippen LogP contribution in [0.2, 0.25) is 0 Å². The molecule has 0 rings (SSSR count). The smallest absolute Gasteiger partial charge is 0.0634 e. The van der Waals surface area contributed by atoms with E-state index in [1.54, 1.807) is 7.11 Å². The fourth-order valence-electron chi connectivity index (χ4n) is 1.29. The first-order chi connectivity index (χ1) is 7.12. The molecule has 0 aromatic rings. The van der Waals surface area contributed by atoms with Crippen molar-refractivity contribution in [1.29, 1.82) is 0 Å². The number of hydrogen-bond acceptors (Lipinski definition) is 3. The fourth-order valence-corrected chi connectivity index (χ4v) is 1.78. The Labute approximate surface area is 99.5 Å². The van der Waals surface area contributed by atoms with Gasteiger partial charge in [0.1, 0.15) is 0 Å². The monoisotopic (exact) mass is 233 g/mol. The van der Waals surface area contributed by atoms with Crippen LogP contribution in [0.15, 0.2) is 0 Å². The second-order valence-electron chi connectivity index (χ2n) is 4.52. The van der Waals surface area contributed by atoms with E-state index in [4.69, 9.17) is 4.74 Å². The highest BCUT2D eigenvalue weighted by Gasteiger charge is 2.14. The lowest BCUT2D eigenvalue weighted by Crippen LogP contribution is -2.29. The van der Waals surface area contributed by atoms with Crippen LogP contribution in [0.4, 0.5) is 0 Å². The average molecular weight is 233 g/mol. The maximum atomic E-state index is 5.35. The second-order valence-corrected chi connectivity index (χ2v) is 5.50. The molecule has 0 saturated carbocycles. The van der Waals surface area contributed by atoms with Gasteiger partial charge >= 0.3 is 0 Å². The van der Waals surface area contributed by atoms with Gasteiger partial charge in [0.2, 0.25) is 0 Å². The van der Waals surface area contributed by atoms with Gasteiger partial charge in [0.05, 0.1) is 5.60 Å². The lowest BCUT2D eigenvalue weighted by Gasteiger charge is -2.22. The maximum absolute atomic E-state index is 5.35. The molecule has 0 fully saturated rings. The Balaban J connectivity index is 3.11. The largest absolute Gasteiger partial charge is 0.379 e. The van der Waals surface area contributed by atoms with Gasteiger partial charge in [-0.15, -0.1) is 0 Å². The fraction of sp³-hybridized carbons (Fsp3) is 1.00. The van der Waals surface area contributed by atoms with E-state index < -0.39 is 0 Å². The zero-order valence-electron chi connectivity index (χ0n) is 10.8. The Morgan fingerprint density at radius 3 is 2.47 bits per heavy atom. The summed E-state index contributed by atoms with van der Waals surface area (Å²) in [6.45, 7) is 6.47. The highest BCUT2D eigenvalue weighted by Crippen LogP contribution is 2.11. The van der Waals surface area contributed by atoms with Gasteiger partial charge in [0, 0.05) is 7.11 Å². The number of methoxy groups -OCH3 is 1. The van der Waals surface area contributed by atoms with E-state index in [0.717, 1.165) is 19.5 Å². The molecule has 0 bridgehead atoms. The molecule has 0 atom stereocenters. The topological polar surface area (TPSA) is 21.3 Å². The second kappa shape index (κ2) is 9.49. The van der Waals surface area contributed by atoms with Crippen molar-refractivity contribution in [2.75, 3.05) is 32.2 Å². The molecule has 0 unspecified atom stereocenters. The van der Waals surface area contributed by atoms with Crippen molar-refractivity contribution < 1.29 is 4.74 Å². The van der Waals surface area contributed by atoms with Crippen LogP contribution in [0.5, 0.6) is 0 Å². The summed E-state index contributed by atoms with van der Waals surface area (Å²) in [6.07, 6.45) is 7.25. The van der Waals surface area contributed by atoms with Crippen molar-refractivity contribution in [3.8, 4) is 0 Å². The molecule has 92 valence electrons. The molecule has 1 N–H and O–H groups in total. The van der Waals surface area contributed by atoms with Gasteiger partial charge in [0.25, 0.3) is 0 Å². The van der Waals surface area contributed by atoms with Gasteiger partial charge in [-0.2, -0.15) is 11.8 Å². The minimum Gasteiger partial charge on any atom is -0.379 e. The quantitative estimate of drug-likeness (QED) is 0.586. The van der Waals surface area contributed by atoms with Gasteiger partial charge < -0.3 is 10.1 Å². The zero-order valence-corrected chi connectivity index (χ0v) is 11.6. The number of nitrogens with one attached hydrogen (secondary N) is 1. The molecule has 0 amide bonds. The number of rotatable bonds is 10. The molecule has 0 aliphatic rings. The number of hydrogen-bond donors (Lipinski definition) is 1. The van der Waals surface area contributed by atoms with Gasteiger partial charge in [-0.25, -0.2) is 0 Å². The predicted octanol–water partition coefficient (Wildman–Crippen LogP) is 2.92. The summed E-state index contributed by atoms with van der Waals surface area (Å²) in [5.41, 5.74) is 0.0197. The van der Waals surface area contributed by atoms with Gasteiger partial charge in [-0.3, -0.25) is 0 Å². The minimum atomic E-state index is 0.0197. The van der Waals surface area contributed by atoms with Crippen LogP contribution in [-0.2, 0) is 4.74 Å². The molecule has 0 aliphatic carbocycles. The lowest BCUT2D eigenvalue weighted by molar-refractivity contribution is 0.0159. The zero-order chi connectivity index (χ0) is 11.6. The molecule has 15 heavy (non-hydrogen) atoms. The van der Waals surface area contributed by atoms with E-state index in [0.29, 0.717) is 0 Å². The lowest BCUT2D eigenvalue weighted by atomic mass is 10.1. The summed E-state index contributed by atoms with van der Waals surface area (Å²) >= 11 is 1.94. The Hall–Kier alpha value is 0.270. The molecule has 3 heteroatoms. The van der Waals surface area contributed by atoms with Crippen LogP contribution < -0.4 is 5.32 Å². The van der Waals surface area contributed by atoms with Gasteiger partial charge in [0.15, 0.2) is 0 Å². The third kappa shape index (κ3) is 10.6. The van der Waals surface area contributed by atoms with Crippen LogP contribution in [0.3, 0.4) is 0 Å². The molecule has 0 aromatic heterocycles. The third-order valence-corrected chi connectivity index (χ3v) is 3.36. The number of ether oxygens (including phenoxy) is 1. The Morgan fingerprint density at radius 1 is 1.13 bits per heavy atom. The van der Waals surface area contributed by atoms with E-state index in [-0.39, 0.29) is 5.60 Å². The first-order valence-electron chi connectivity index (χ1n) is 5.87. The van der Waals surface area contributed by atoms with Crippen LogP contribution in [-0.4, -0.2) is 37.8 Å². The third-order valence-electron chi connectivity index (χ3n) is 2.66. The normalized spacial score (nSPS) is 12.0. The summed E-state index contributed by atoms with van der Waals surface area (Å²) in [7, 11) is 1.78. The Kier molecular flexibility index (Phi) is 9.66. The van der Waals surface area contributed by atoms with E-state index in [9.17, 15) is 0 Å². The molecule has 0 aliphatic heterocycles. The van der Waals surface area contributed by atoms with Crippen molar-refractivity contribution in [2.45, 2.75) is 45.1 Å². The SMILES string of the molecule is COC(C)(C)CCNCCCCCSC. The number of unbranched alkanes of at least 4 members (excludes halogenated alkanes) is 2. The average Bonchev–Trinajstić information content (AvgIpc) is 2.22. The standard InChI is InChI=1S/C12H27NOS/c1-12(2,14-3)8-10-13-9-6-5-7-11-15-4/h13H,5-11H2,1-4H3. The predicted molar refractivity (Wildman–Crippen MR) is 70.8 cm³/mol. The summed E-state index contributed by atoms with van der Waals surface area (Å²) in [4.78, 5) is 0. The minimum absolute atomic E-state index is 0.0197. The number of thioether (sulfide) groups is 1.